The molecule has 0 aliphatic carbocycles. The Balaban J connectivity index is 2.17. The molecular formula is C10H20N2S. The van der Waals surface area contributed by atoms with Gasteiger partial charge in [-0.05, 0) is 13.3 Å². The molecule has 0 amide bonds. The summed E-state index contributed by atoms with van der Waals surface area (Å²) in [5, 5.41) is 5.27. The predicted molar refractivity (Wildman–Crippen MR) is 61.5 cm³/mol. The molecule has 0 aromatic carbocycles. The maximum atomic E-state index is 4.43. The second-order valence-corrected chi connectivity index (χ2v) is 5.19. The zero-order valence-corrected chi connectivity index (χ0v) is 9.66. The van der Waals surface area contributed by atoms with Crippen molar-refractivity contribution in [2.75, 3.05) is 6.54 Å². The highest BCUT2D eigenvalue weighted by atomic mass is 32.2. The van der Waals surface area contributed by atoms with Crippen molar-refractivity contribution in [1.82, 2.24) is 5.32 Å². The minimum atomic E-state index is 0.580. The standard InChI is InChI=1S/C10H20N2S/c1-4-5-6-8(2)12-10-11-7-9(3)13-10/h8-9H,4-7H2,1-3H3,(H,11,12). The third-order valence-electron chi connectivity index (χ3n) is 2.17. The summed E-state index contributed by atoms with van der Waals surface area (Å²) in [4.78, 5) is 4.43. The minimum absolute atomic E-state index is 0.580. The molecule has 1 aliphatic rings. The van der Waals surface area contributed by atoms with Crippen molar-refractivity contribution in [3.8, 4) is 0 Å². The van der Waals surface area contributed by atoms with Crippen LogP contribution in [0.2, 0.25) is 0 Å². The summed E-state index contributed by atoms with van der Waals surface area (Å²) in [6.45, 7) is 7.67. The van der Waals surface area contributed by atoms with Crippen LogP contribution in [0.5, 0.6) is 0 Å². The number of nitrogens with one attached hydrogen (secondary N) is 1. The summed E-state index contributed by atoms with van der Waals surface area (Å²) < 4.78 is 0. The normalized spacial score (nSPS) is 24.2. The Morgan fingerprint density at radius 3 is 3.00 bits per heavy atom. The lowest BCUT2D eigenvalue weighted by atomic mass is 10.1. The van der Waals surface area contributed by atoms with Gasteiger partial charge >= 0.3 is 0 Å². The van der Waals surface area contributed by atoms with E-state index in [2.05, 4.69) is 31.1 Å². The van der Waals surface area contributed by atoms with Gasteiger partial charge in [-0.2, -0.15) is 0 Å². The molecule has 3 heteroatoms. The van der Waals surface area contributed by atoms with Gasteiger partial charge in [0.15, 0.2) is 5.17 Å². The van der Waals surface area contributed by atoms with Crippen LogP contribution in [0.15, 0.2) is 4.99 Å². The monoisotopic (exact) mass is 200 g/mol. The molecule has 1 aliphatic heterocycles. The molecule has 0 aromatic rings. The van der Waals surface area contributed by atoms with E-state index in [0.29, 0.717) is 11.3 Å². The lowest BCUT2D eigenvalue weighted by molar-refractivity contribution is 0.573. The number of amidine groups is 1. The van der Waals surface area contributed by atoms with E-state index in [-0.39, 0.29) is 0 Å². The second-order valence-electron chi connectivity index (χ2n) is 3.76. The Morgan fingerprint density at radius 1 is 1.69 bits per heavy atom. The van der Waals surface area contributed by atoms with E-state index in [0.717, 1.165) is 11.7 Å². The van der Waals surface area contributed by atoms with E-state index in [1.165, 1.54) is 19.3 Å². The summed E-state index contributed by atoms with van der Waals surface area (Å²) in [6, 6.07) is 0.580. The van der Waals surface area contributed by atoms with Gasteiger partial charge in [0.25, 0.3) is 0 Å². The molecule has 1 rings (SSSR count). The van der Waals surface area contributed by atoms with Crippen LogP contribution in [0.3, 0.4) is 0 Å². The van der Waals surface area contributed by atoms with E-state index < -0.39 is 0 Å². The summed E-state index contributed by atoms with van der Waals surface area (Å²) in [6.07, 6.45) is 3.84. The Morgan fingerprint density at radius 2 is 2.46 bits per heavy atom. The van der Waals surface area contributed by atoms with Crippen molar-refractivity contribution in [3.63, 3.8) is 0 Å². The van der Waals surface area contributed by atoms with Crippen LogP contribution < -0.4 is 5.32 Å². The molecule has 2 unspecified atom stereocenters. The first kappa shape index (κ1) is 10.9. The first-order chi connectivity index (χ1) is 6.22. The third-order valence-corrected chi connectivity index (χ3v) is 3.19. The lowest BCUT2D eigenvalue weighted by Crippen LogP contribution is -2.29. The zero-order chi connectivity index (χ0) is 9.68. The largest absolute Gasteiger partial charge is 0.362 e. The molecule has 0 radical (unpaired) electrons. The number of hydrogen-bond acceptors (Lipinski definition) is 3. The van der Waals surface area contributed by atoms with Gasteiger partial charge in [0, 0.05) is 11.3 Å². The van der Waals surface area contributed by atoms with Gasteiger partial charge in [-0.1, -0.05) is 38.5 Å². The van der Waals surface area contributed by atoms with Crippen LogP contribution >= 0.6 is 11.8 Å². The number of rotatable bonds is 4. The van der Waals surface area contributed by atoms with Gasteiger partial charge < -0.3 is 5.32 Å². The van der Waals surface area contributed by atoms with E-state index in [4.69, 9.17) is 0 Å². The molecule has 0 spiro atoms. The van der Waals surface area contributed by atoms with E-state index >= 15 is 0 Å². The molecule has 13 heavy (non-hydrogen) atoms. The van der Waals surface area contributed by atoms with Gasteiger partial charge in [-0.25, -0.2) is 0 Å². The zero-order valence-electron chi connectivity index (χ0n) is 8.84. The summed E-state index contributed by atoms with van der Waals surface area (Å²) >= 11 is 1.87. The highest BCUT2D eigenvalue weighted by molar-refractivity contribution is 8.14. The van der Waals surface area contributed by atoms with Crippen LogP contribution in [0.4, 0.5) is 0 Å². The average Bonchev–Trinajstić information content (AvgIpc) is 2.48. The first-order valence-electron chi connectivity index (χ1n) is 5.20. The Kier molecular flexibility index (Phi) is 4.64. The third kappa shape index (κ3) is 4.03. The maximum Gasteiger partial charge on any atom is 0.157 e. The fourth-order valence-electron chi connectivity index (χ4n) is 1.35. The Hall–Kier alpha value is -0.180. The molecule has 0 fully saturated rings. The molecule has 0 aromatic heterocycles. The Labute approximate surface area is 85.6 Å². The highest BCUT2D eigenvalue weighted by Gasteiger charge is 2.15. The average molecular weight is 200 g/mol. The minimum Gasteiger partial charge on any atom is -0.362 e. The van der Waals surface area contributed by atoms with E-state index in [1.54, 1.807) is 0 Å². The van der Waals surface area contributed by atoms with Gasteiger partial charge in [0.1, 0.15) is 0 Å². The number of hydrogen-bond donors (Lipinski definition) is 1. The highest BCUT2D eigenvalue weighted by Crippen LogP contribution is 2.19. The van der Waals surface area contributed by atoms with Crippen LogP contribution in [-0.2, 0) is 0 Å². The smallest absolute Gasteiger partial charge is 0.157 e. The van der Waals surface area contributed by atoms with Crippen molar-refractivity contribution in [2.24, 2.45) is 4.99 Å². The van der Waals surface area contributed by atoms with Crippen molar-refractivity contribution in [3.05, 3.63) is 0 Å². The molecular weight excluding hydrogens is 180 g/mol. The van der Waals surface area contributed by atoms with Crippen LogP contribution in [0.25, 0.3) is 0 Å². The molecule has 0 saturated heterocycles. The number of nitrogens with zero attached hydrogens (tertiary/aromatic N) is 1. The second kappa shape index (κ2) is 5.53. The van der Waals surface area contributed by atoms with Crippen molar-refractivity contribution >= 4 is 16.9 Å². The van der Waals surface area contributed by atoms with Gasteiger partial charge in [-0.3, -0.25) is 4.99 Å². The molecule has 76 valence electrons. The van der Waals surface area contributed by atoms with Gasteiger partial charge in [-0.15, -0.1) is 0 Å². The quantitative estimate of drug-likeness (QED) is 0.754. The molecule has 0 bridgehead atoms. The van der Waals surface area contributed by atoms with Crippen molar-refractivity contribution in [1.29, 1.82) is 0 Å². The van der Waals surface area contributed by atoms with Gasteiger partial charge in [0.05, 0.1) is 6.54 Å². The molecule has 1 heterocycles. The molecule has 2 nitrogen and oxygen atoms in total. The van der Waals surface area contributed by atoms with E-state index in [9.17, 15) is 0 Å². The molecule has 2 atom stereocenters. The SMILES string of the molecule is CCCCC(C)NC1=NCC(C)S1. The number of unbranched alkanes of at least 4 members (excludes halogenated alkanes) is 1. The fourth-order valence-corrected chi connectivity index (χ4v) is 2.30. The fraction of sp³-hybridized carbons (Fsp3) is 0.900. The Bertz CT molecular complexity index is 180. The van der Waals surface area contributed by atoms with Crippen LogP contribution in [-0.4, -0.2) is 23.0 Å². The lowest BCUT2D eigenvalue weighted by Gasteiger charge is -2.13. The van der Waals surface area contributed by atoms with Crippen molar-refractivity contribution < 1.29 is 0 Å². The molecule has 1 N–H and O–H groups in total. The predicted octanol–water partition coefficient (Wildman–Crippen LogP) is 2.65. The van der Waals surface area contributed by atoms with Crippen LogP contribution in [0, 0.1) is 0 Å². The number of thioether (sulfide) groups is 1. The van der Waals surface area contributed by atoms with Crippen LogP contribution in [0.1, 0.15) is 40.0 Å². The maximum absolute atomic E-state index is 4.43. The van der Waals surface area contributed by atoms with Crippen molar-refractivity contribution in [2.45, 2.75) is 51.3 Å². The molecule has 0 saturated carbocycles. The first-order valence-corrected chi connectivity index (χ1v) is 6.08. The van der Waals surface area contributed by atoms with E-state index in [1.807, 2.05) is 11.8 Å². The summed E-state index contributed by atoms with van der Waals surface area (Å²) in [5.41, 5.74) is 0. The summed E-state index contributed by atoms with van der Waals surface area (Å²) in [5.74, 6) is 0. The number of aliphatic imine (C=N–C) groups is 1. The topological polar surface area (TPSA) is 24.4 Å². The van der Waals surface area contributed by atoms with Gasteiger partial charge in [0.2, 0.25) is 0 Å². The summed E-state index contributed by atoms with van der Waals surface area (Å²) in [7, 11) is 0.